The molecule has 0 aliphatic carbocycles. The van der Waals surface area contributed by atoms with Crippen molar-refractivity contribution in [3.05, 3.63) is 65.7 Å². The Morgan fingerprint density at radius 1 is 0.966 bits per heavy atom. The van der Waals surface area contributed by atoms with Gasteiger partial charge in [-0.05, 0) is 62.2 Å². The normalized spacial score (nSPS) is 11.6. The SMILES string of the molecule is C/C=C/c1ccc(OC(C)(C)C(=O)Oc2ccc(/C=C/C(=O)O)cc2OC)cc1. The summed E-state index contributed by atoms with van der Waals surface area (Å²) in [6.45, 7) is 5.17. The minimum absolute atomic E-state index is 0.213. The van der Waals surface area contributed by atoms with Crippen LogP contribution >= 0.6 is 0 Å². The van der Waals surface area contributed by atoms with Gasteiger partial charge in [-0.2, -0.15) is 0 Å². The number of carboxylic acids is 1. The summed E-state index contributed by atoms with van der Waals surface area (Å²) in [5, 5.41) is 8.72. The summed E-state index contributed by atoms with van der Waals surface area (Å²) >= 11 is 0. The Kier molecular flexibility index (Phi) is 7.20. The Morgan fingerprint density at radius 2 is 1.62 bits per heavy atom. The van der Waals surface area contributed by atoms with Gasteiger partial charge in [0.25, 0.3) is 0 Å². The molecule has 0 bridgehead atoms. The molecule has 152 valence electrons. The van der Waals surface area contributed by atoms with Crippen molar-refractivity contribution in [3.8, 4) is 17.2 Å². The van der Waals surface area contributed by atoms with E-state index in [9.17, 15) is 9.59 Å². The van der Waals surface area contributed by atoms with Gasteiger partial charge in [-0.1, -0.05) is 30.4 Å². The van der Waals surface area contributed by atoms with E-state index in [-0.39, 0.29) is 5.75 Å². The van der Waals surface area contributed by atoms with Gasteiger partial charge in [0.2, 0.25) is 5.60 Å². The van der Waals surface area contributed by atoms with Crippen LogP contribution in [0.15, 0.2) is 54.6 Å². The van der Waals surface area contributed by atoms with Crippen LogP contribution in [0.5, 0.6) is 17.2 Å². The number of aliphatic carboxylic acids is 1. The molecule has 0 amide bonds. The maximum Gasteiger partial charge on any atom is 0.355 e. The first kappa shape index (κ1) is 21.8. The highest BCUT2D eigenvalue weighted by atomic mass is 16.6. The Balaban J connectivity index is 2.13. The molecule has 0 atom stereocenters. The average Bonchev–Trinajstić information content (AvgIpc) is 2.68. The van der Waals surface area contributed by atoms with Gasteiger partial charge in [0.15, 0.2) is 11.5 Å². The molecule has 2 aromatic carbocycles. The second kappa shape index (κ2) is 9.59. The lowest BCUT2D eigenvalue weighted by molar-refractivity contribution is -0.149. The summed E-state index contributed by atoms with van der Waals surface area (Å²) in [4.78, 5) is 23.3. The molecule has 0 aliphatic rings. The maximum absolute atomic E-state index is 12.7. The zero-order chi connectivity index (χ0) is 21.4. The van der Waals surface area contributed by atoms with Crippen molar-refractivity contribution in [2.45, 2.75) is 26.4 Å². The molecular weight excluding hydrogens is 372 g/mol. The quantitative estimate of drug-likeness (QED) is 0.399. The number of benzene rings is 2. The van der Waals surface area contributed by atoms with E-state index in [2.05, 4.69) is 0 Å². The monoisotopic (exact) mass is 396 g/mol. The summed E-state index contributed by atoms with van der Waals surface area (Å²) in [5.74, 6) is -0.594. The number of allylic oxidation sites excluding steroid dienone is 1. The molecule has 6 heteroatoms. The van der Waals surface area contributed by atoms with E-state index in [4.69, 9.17) is 19.3 Å². The van der Waals surface area contributed by atoms with Crippen molar-refractivity contribution in [2.75, 3.05) is 7.11 Å². The van der Waals surface area contributed by atoms with Gasteiger partial charge in [-0.15, -0.1) is 0 Å². The Hall–Kier alpha value is -3.54. The van der Waals surface area contributed by atoms with E-state index in [1.165, 1.54) is 13.2 Å². The topological polar surface area (TPSA) is 82.1 Å². The predicted octanol–water partition coefficient (Wildman–Crippen LogP) is 4.59. The molecule has 0 radical (unpaired) electrons. The predicted molar refractivity (Wildman–Crippen MR) is 111 cm³/mol. The summed E-state index contributed by atoms with van der Waals surface area (Å²) < 4.78 is 16.5. The summed E-state index contributed by atoms with van der Waals surface area (Å²) in [6, 6.07) is 12.1. The molecule has 0 unspecified atom stereocenters. The number of esters is 1. The molecule has 29 heavy (non-hydrogen) atoms. The number of hydrogen-bond donors (Lipinski definition) is 1. The fourth-order valence-electron chi connectivity index (χ4n) is 2.44. The third kappa shape index (κ3) is 6.24. The lowest BCUT2D eigenvalue weighted by atomic mass is 10.1. The van der Waals surface area contributed by atoms with Crippen LogP contribution < -0.4 is 14.2 Å². The zero-order valence-corrected chi connectivity index (χ0v) is 16.8. The standard InChI is InChI=1S/C23H24O6/c1-5-6-16-7-11-18(12-8-16)29-23(2,3)22(26)28-19-13-9-17(10-14-21(24)25)15-20(19)27-4/h5-15H,1-4H3,(H,24,25)/b6-5+,14-10+. The molecule has 0 saturated carbocycles. The number of hydrogen-bond acceptors (Lipinski definition) is 5. The van der Waals surface area contributed by atoms with Gasteiger partial charge < -0.3 is 19.3 Å². The smallest absolute Gasteiger partial charge is 0.355 e. The first-order valence-corrected chi connectivity index (χ1v) is 8.98. The van der Waals surface area contributed by atoms with Crippen LogP contribution in [0.2, 0.25) is 0 Å². The molecule has 0 saturated heterocycles. The van der Waals surface area contributed by atoms with Crippen LogP contribution in [0.25, 0.3) is 12.2 Å². The number of carbonyl (C=O) groups excluding carboxylic acids is 1. The molecule has 0 aromatic heterocycles. The summed E-state index contributed by atoms with van der Waals surface area (Å²) in [7, 11) is 1.44. The van der Waals surface area contributed by atoms with Crippen molar-refractivity contribution >= 4 is 24.1 Å². The van der Waals surface area contributed by atoms with Crippen LogP contribution in [0.3, 0.4) is 0 Å². The highest BCUT2D eigenvalue weighted by Gasteiger charge is 2.33. The van der Waals surface area contributed by atoms with Crippen LogP contribution in [-0.4, -0.2) is 29.8 Å². The van der Waals surface area contributed by atoms with Gasteiger partial charge in [0.05, 0.1) is 7.11 Å². The van der Waals surface area contributed by atoms with E-state index in [0.717, 1.165) is 11.6 Å². The zero-order valence-electron chi connectivity index (χ0n) is 16.8. The van der Waals surface area contributed by atoms with Crippen molar-refractivity contribution in [2.24, 2.45) is 0 Å². The highest BCUT2D eigenvalue weighted by molar-refractivity contribution is 5.85. The average molecular weight is 396 g/mol. The lowest BCUT2D eigenvalue weighted by Crippen LogP contribution is -2.41. The first-order valence-electron chi connectivity index (χ1n) is 8.98. The second-order valence-corrected chi connectivity index (χ2v) is 6.65. The molecule has 1 N–H and O–H groups in total. The number of methoxy groups -OCH3 is 1. The lowest BCUT2D eigenvalue weighted by Gasteiger charge is -2.24. The maximum atomic E-state index is 12.7. The van der Waals surface area contributed by atoms with Gasteiger partial charge in [-0.3, -0.25) is 0 Å². The van der Waals surface area contributed by atoms with Crippen LogP contribution in [0, 0.1) is 0 Å². The van der Waals surface area contributed by atoms with Gasteiger partial charge in [0, 0.05) is 6.08 Å². The molecule has 0 aliphatic heterocycles. The van der Waals surface area contributed by atoms with Crippen molar-refractivity contribution in [3.63, 3.8) is 0 Å². The highest BCUT2D eigenvalue weighted by Crippen LogP contribution is 2.30. The third-order valence-electron chi connectivity index (χ3n) is 3.91. The van der Waals surface area contributed by atoms with E-state index in [1.807, 2.05) is 31.2 Å². The number of carbonyl (C=O) groups is 2. The van der Waals surface area contributed by atoms with Crippen molar-refractivity contribution in [1.29, 1.82) is 0 Å². The molecule has 2 rings (SSSR count). The van der Waals surface area contributed by atoms with E-state index < -0.39 is 17.5 Å². The van der Waals surface area contributed by atoms with Crippen molar-refractivity contribution in [1.82, 2.24) is 0 Å². The largest absolute Gasteiger partial charge is 0.493 e. The molecular formula is C23H24O6. The van der Waals surface area contributed by atoms with Gasteiger partial charge in [-0.25, -0.2) is 9.59 Å². The van der Waals surface area contributed by atoms with Crippen molar-refractivity contribution < 1.29 is 28.9 Å². The van der Waals surface area contributed by atoms with E-state index in [1.54, 1.807) is 44.2 Å². The van der Waals surface area contributed by atoms with Crippen LogP contribution in [0.1, 0.15) is 31.9 Å². The third-order valence-corrected chi connectivity index (χ3v) is 3.91. The molecule has 2 aromatic rings. The minimum Gasteiger partial charge on any atom is -0.493 e. The fourth-order valence-corrected chi connectivity index (χ4v) is 2.44. The van der Waals surface area contributed by atoms with E-state index in [0.29, 0.717) is 17.1 Å². The summed E-state index contributed by atoms with van der Waals surface area (Å²) in [6.07, 6.45) is 6.33. The van der Waals surface area contributed by atoms with Crippen LogP contribution in [-0.2, 0) is 9.59 Å². The molecule has 0 heterocycles. The Bertz CT molecular complexity index is 923. The Labute approximate surface area is 170 Å². The van der Waals surface area contributed by atoms with Gasteiger partial charge >= 0.3 is 11.9 Å². The van der Waals surface area contributed by atoms with Gasteiger partial charge in [0.1, 0.15) is 5.75 Å². The Morgan fingerprint density at radius 3 is 2.21 bits per heavy atom. The summed E-state index contributed by atoms with van der Waals surface area (Å²) in [5.41, 5.74) is 0.387. The molecule has 6 nitrogen and oxygen atoms in total. The number of ether oxygens (including phenoxy) is 3. The second-order valence-electron chi connectivity index (χ2n) is 6.65. The molecule has 0 spiro atoms. The van der Waals surface area contributed by atoms with E-state index >= 15 is 0 Å². The fraction of sp³-hybridized carbons (Fsp3) is 0.217. The van der Waals surface area contributed by atoms with Crippen LogP contribution in [0.4, 0.5) is 0 Å². The number of rotatable bonds is 8. The minimum atomic E-state index is -1.24. The molecule has 0 fully saturated rings. The first-order chi connectivity index (χ1) is 13.7. The number of carboxylic acid groups (broad SMARTS) is 1.